The van der Waals surface area contributed by atoms with Crippen LogP contribution in [0.4, 0.5) is 0 Å². The number of benzene rings is 1. The van der Waals surface area contributed by atoms with Crippen molar-refractivity contribution in [3.05, 3.63) is 40.3 Å². The van der Waals surface area contributed by atoms with Gasteiger partial charge in [-0.25, -0.2) is 4.79 Å². The fraction of sp³-hybridized carbons (Fsp3) is 0.417. The highest BCUT2D eigenvalue weighted by Gasteiger charge is 2.47. The van der Waals surface area contributed by atoms with Gasteiger partial charge in [0.2, 0.25) is 0 Å². The van der Waals surface area contributed by atoms with Crippen LogP contribution < -0.4 is 0 Å². The van der Waals surface area contributed by atoms with Gasteiger partial charge < -0.3 is 4.74 Å². The molecule has 1 aromatic rings. The molecule has 1 fully saturated rings. The van der Waals surface area contributed by atoms with E-state index in [1.807, 2.05) is 18.2 Å². The summed E-state index contributed by atoms with van der Waals surface area (Å²) in [7, 11) is 0. The van der Waals surface area contributed by atoms with E-state index < -0.39 is 5.60 Å². The zero-order valence-corrected chi connectivity index (χ0v) is 9.26. The van der Waals surface area contributed by atoms with Crippen molar-refractivity contribution in [3.8, 4) is 0 Å². The lowest BCUT2D eigenvalue weighted by Crippen LogP contribution is -2.40. The van der Waals surface area contributed by atoms with Gasteiger partial charge in [-0.1, -0.05) is 18.2 Å². The Morgan fingerprint density at radius 1 is 1.24 bits per heavy atom. The predicted octanol–water partition coefficient (Wildman–Crippen LogP) is 1.83. The minimum atomic E-state index is -0.533. The molecule has 5 nitrogen and oxygen atoms in total. The molecule has 0 aliphatic carbocycles. The summed E-state index contributed by atoms with van der Waals surface area (Å²) in [6.45, 7) is 1.07. The molecule has 0 bridgehead atoms. The number of fused-ring (bicyclic) bond motifs is 2. The summed E-state index contributed by atoms with van der Waals surface area (Å²) < 4.78 is 5.54. The number of ether oxygens (including phenoxy) is 1. The van der Waals surface area contributed by atoms with Crippen LogP contribution in [0.3, 0.4) is 0 Å². The van der Waals surface area contributed by atoms with Crippen LogP contribution in [0.2, 0.25) is 0 Å². The number of rotatable bonds is 1. The summed E-state index contributed by atoms with van der Waals surface area (Å²) in [5.41, 5.74) is 1.07. The minimum absolute atomic E-state index is 0.256. The van der Waals surface area contributed by atoms with Gasteiger partial charge in [0.05, 0.1) is 10.8 Å². The first-order valence-electron chi connectivity index (χ1n) is 5.66. The fourth-order valence-corrected chi connectivity index (χ4v) is 2.65. The largest absolute Gasteiger partial charge is 0.450 e. The number of hydrogen-bond donors (Lipinski definition) is 0. The zero-order chi connectivity index (χ0) is 11.9. The third-order valence-electron chi connectivity index (χ3n) is 3.59. The van der Waals surface area contributed by atoms with E-state index in [1.54, 1.807) is 6.07 Å². The molecule has 3 rings (SSSR count). The van der Waals surface area contributed by atoms with Gasteiger partial charge in [-0.05, 0) is 6.07 Å². The van der Waals surface area contributed by atoms with E-state index >= 15 is 0 Å². The fourth-order valence-electron chi connectivity index (χ4n) is 2.65. The molecule has 17 heavy (non-hydrogen) atoms. The Hall–Kier alpha value is -1.91. The molecular formula is C12H12N2O3. The van der Waals surface area contributed by atoms with Crippen molar-refractivity contribution in [2.24, 2.45) is 5.29 Å². The Kier molecular flexibility index (Phi) is 2.14. The Morgan fingerprint density at radius 2 is 1.94 bits per heavy atom. The molecule has 1 saturated heterocycles. The van der Waals surface area contributed by atoms with Gasteiger partial charge in [0.25, 0.3) is 0 Å². The van der Waals surface area contributed by atoms with E-state index in [0.29, 0.717) is 31.5 Å². The molecule has 2 aliphatic rings. The van der Waals surface area contributed by atoms with Crippen molar-refractivity contribution in [2.45, 2.75) is 18.4 Å². The molecule has 5 heteroatoms. The molecule has 0 unspecified atom stereocenters. The maximum absolute atomic E-state index is 11.8. The first-order valence-corrected chi connectivity index (χ1v) is 5.66. The second-order valence-corrected chi connectivity index (χ2v) is 4.46. The number of piperidine rings is 1. The quantitative estimate of drug-likeness (QED) is 0.547. The van der Waals surface area contributed by atoms with Crippen molar-refractivity contribution in [3.63, 3.8) is 0 Å². The molecule has 0 N–H and O–H groups in total. The second kappa shape index (κ2) is 3.55. The number of carbonyl (C=O) groups is 1. The summed E-state index contributed by atoms with van der Waals surface area (Å²) in [4.78, 5) is 22.2. The molecule has 1 spiro atoms. The highest BCUT2D eigenvalue weighted by atomic mass is 16.6. The lowest BCUT2D eigenvalue weighted by atomic mass is 9.84. The molecule has 0 radical (unpaired) electrons. The highest BCUT2D eigenvalue weighted by Crippen LogP contribution is 2.43. The summed E-state index contributed by atoms with van der Waals surface area (Å²) in [5.74, 6) is -0.256. The van der Waals surface area contributed by atoms with Crippen molar-refractivity contribution in [1.29, 1.82) is 0 Å². The smallest absolute Gasteiger partial charge is 0.339 e. The van der Waals surface area contributed by atoms with Gasteiger partial charge >= 0.3 is 5.97 Å². The van der Waals surface area contributed by atoms with Crippen LogP contribution in [-0.4, -0.2) is 24.1 Å². The maximum Gasteiger partial charge on any atom is 0.339 e. The van der Waals surface area contributed by atoms with Crippen molar-refractivity contribution in [1.82, 2.24) is 5.01 Å². The molecule has 88 valence electrons. The maximum atomic E-state index is 11.8. The van der Waals surface area contributed by atoms with Gasteiger partial charge in [0.1, 0.15) is 5.60 Å². The Morgan fingerprint density at radius 3 is 2.65 bits per heavy atom. The summed E-state index contributed by atoms with van der Waals surface area (Å²) in [6, 6.07) is 7.47. The third-order valence-corrected chi connectivity index (χ3v) is 3.59. The average Bonchev–Trinajstić information content (AvgIpc) is 2.65. The Labute approximate surface area is 98.3 Å². The Balaban J connectivity index is 1.96. The van der Waals surface area contributed by atoms with Crippen LogP contribution >= 0.6 is 0 Å². The summed E-state index contributed by atoms with van der Waals surface area (Å²) >= 11 is 0. The van der Waals surface area contributed by atoms with E-state index in [0.717, 1.165) is 5.56 Å². The lowest BCUT2D eigenvalue weighted by molar-refractivity contribution is -0.0428. The van der Waals surface area contributed by atoms with Crippen LogP contribution in [-0.2, 0) is 10.3 Å². The third kappa shape index (κ3) is 1.42. The molecule has 2 aliphatic heterocycles. The minimum Gasteiger partial charge on any atom is -0.450 e. The van der Waals surface area contributed by atoms with E-state index in [2.05, 4.69) is 5.29 Å². The molecule has 0 atom stereocenters. The van der Waals surface area contributed by atoms with Crippen LogP contribution in [0.15, 0.2) is 29.6 Å². The number of nitrogens with zero attached hydrogens (tertiary/aromatic N) is 2. The van der Waals surface area contributed by atoms with Crippen LogP contribution in [0.1, 0.15) is 28.8 Å². The number of carbonyl (C=O) groups excluding carboxylic acids is 1. The number of esters is 1. The summed E-state index contributed by atoms with van der Waals surface area (Å²) in [5, 5.41) is 4.39. The SMILES string of the molecule is O=NN1CCC2(CC1)OC(=O)c1ccccc12. The van der Waals surface area contributed by atoms with E-state index in [1.165, 1.54) is 5.01 Å². The zero-order valence-electron chi connectivity index (χ0n) is 9.26. The summed E-state index contributed by atoms with van der Waals surface area (Å²) in [6.07, 6.45) is 1.25. The molecular weight excluding hydrogens is 220 g/mol. The topological polar surface area (TPSA) is 59.0 Å². The monoisotopic (exact) mass is 232 g/mol. The number of nitroso groups, excluding NO2 is 1. The standard InChI is InChI=1S/C12H12N2O3/c15-11-9-3-1-2-4-10(9)12(17-11)5-7-14(13-16)8-6-12/h1-4H,5-8H2. The second-order valence-electron chi connectivity index (χ2n) is 4.46. The van der Waals surface area contributed by atoms with Crippen LogP contribution in [0.25, 0.3) is 0 Å². The van der Waals surface area contributed by atoms with E-state index in [-0.39, 0.29) is 5.97 Å². The van der Waals surface area contributed by atoms with Crippen molar-refractivity contribution >= 4 is 5.97 Å². The average molecular weight is 232 g/mol. The lowest BCUT2D eigenvalue weighted by Gasteiger charge is -2.35. The van der Waals surface area contributed by atoms with Gasteiger partial charge in [0.15, 0.2) is 0 Å². The van der Waals surface area contributed by atoms with Crippen molar-refractivity contribution < 1.29 is 9.53 Å². The molecule has 0 aromatic heterocycles. The van der Waals surface area contributed by atoms with E-state index in [9.17, 15) is 9.70 Å². The first kappa shape index (κ1) is 10.3. The highest BCUT2D eigenvalue weighted by molar-refractivity contribution is 5.94. The normalized spacial score (nSPS) is 21.2. The molecule has 1 aromatic carbocycles. The predicted molar refractivity (Wildman–Crippen MR) is 60.1 cm³/mol. The molecule has 0 amide bonds. The van der Waals surface area contributed by atoms with Gasteiger partial charge in [-0.3, -0.25) is 5.01 Å². The Bertz CT molecular complexity index is 478. The van der Waals surface area contributed by atoms with Crippen molar-refractivity contribution in [2.75, 3.05) is 13.1 Å². The molecule has 2 heterocycles. The van der Waals surface area contributed by atoms with Crippen LogP contribution in [0.5, 0.6) is 0 Å². The van der Waals surface area contributed by atoms with Gasteiger partial charge in [-0.15, -0.1) is 4.91 Å². The van der Waals surface area contributed by atoms with Crippen LogP contribution in [0, 0.1) is 4.91 Å². The number of hydrogen-bond acceptors (Lipinski definition) is 4. The van der Waals surface area contributed by atoms with Gasteiger partial charge in [-0.2, -0.15) is 0 Å². The first-order chi connectivity index (χ1) is 8.25. The van der Waals surface area contributed by atoms with Gasteiger partial charge in [0, 0.05) is 31.5 Å². The van der Waals surface area contributed by atoms with E-state index in [4.69, 9.17) is 4.74 Å². The molecule has 0 saturated carbocycles.